The van der Waals surface area contributed by atoms with Gasteiger partial charge in [0.25, 0.3) is 5.91 Å². The normalized spacial score (nSPS) is 11.3. The van der Waals surface area contributed by atoms with Crippen LogP contribution in [0.1, 0.15) is 15.9 Å². The van der Waals surface area contributed by atoms with E-state index in [0.717, 1.165) is 6.54 Å². The molecule has 0 aliphatic rings. The van der Waals surface area contributed by atoms with E-state index in [0.29, 0.717) is 29.2 Å². The Hall–Kier alpha value is -2.68. The molecule has 0 spiro atoms. The van der Waals surface area contributed by atoms with Gasteiger partial charge in [0.05, 0.1) is 11.3 Å². The predicted molar refractivity (Wildman–Crippen MR) is 116 cm³/mol. The molecule has 2 aromatic rings. The molecule has 0 aromatic heterocycles. The molecule has 7 nitrogen and oxygen atoms in total. The number of para-hydroxylation sites is 1. The van der Waals surface area contributed by atoms with E-state index in [2.05, 4.69) is 16.6 Å². The monoisotopic (exact) mass is 417 g/mol. The van der Waals surface area contributed by atoms with Gasteiger partial charge in [-0.3, -0.25) is 4.79 Å². The van der Waals surface area contributed by atoms with Crippen LogP contribution in [0.5, 0.6) is 5.75 Å². The zero-order chi connectivity index (χ0) is 21.3. The molecule has 156 valence electrons. The van der Waals surface area contributed by atoms with Gasteiger partial charge in [-0.05, 0) is 43.9 Å². The van der Waals surface area contributed by atoms with Crippen molar-refractivity contribution in [2.75, 3.05) is 39.1 Å². The molecule has 0 aliphatic carbocycles. The van der Waals surface area contributed by atoms with Gasteiger partial charge in [0, 0.05) is 18.8 Å². The fourth-order valence-electron chi connectivity index (χ4n) is 2.46. The lowest BCUT2D eigenvalue weighted by molar-refractivity contribution is 0.102. The van der Waals surface area contributed by atoms with Crippen molar-refractivity contribution >= 4 is 21.6 Å². The van der Waals surface area contributed by atoms with Gasteiger partial charge < -0.3 is 15.0 Å². The number of benzene rings is 2. The molecular weight excluding hydrogens is 390 g/mol. The van der Waals surface area contributed by atoms with Gasteiger partial charge in [-0.15, -0.1) is 6.58 Å². The van der Waals surface area contributed by atoms with Crippen molar-refractivity contribution in [1.82, 2.24) is 9.62 Å². The third-order valence-corrected chi connectivity index (χ3v) is 5.26. The number of rotatable bonds is 11. The van der Waals surface area contributed by atoms with E-state index in [9.17, 15) is 13.2 Å². The van der Waals surface area contributed by atoms with E-state index >= 15 is 0 Å². The SMILES string of the molecule is C=CCNS(=O)(=O)Cc1ccc(NC(=O)c2ccccc2OCCN(C)C)cc1. The Labute approximate surface area is 172 Å². The number of anilines is 1. The Balaban J connectivity index is 2.02. The maximum absolute atomic E-state index is 12.6. The Bertz CT molecular complexity index is 925. The van der Waals surface area contributed by atoms with E-state index in [1.54, 1.807) is 42.5 Å². The number of hydrogen-bond donors (Lipinski definition) is 2. The highest BCUT2D eigenvalue weighted by atomic mass is 32.2. The highest BCUT2D eigenvalue weighted by Crippen LogP contribution is 2.20. The summed E-state index contributed by atoms with van der Waals surface area (Å²) >= 11 is 0. The zero-order valence-electron chi connectivity index (χ0n) is 16.7. The van der Waals surface area contributed by atoms with Crippen molar-refractivity contribution < 1.29 is 17.9 Å². The van der Waals surface area contributed by atoms with Crippen LogP contribution in [0.3, 0.4) is 0 Å². The van der Waals surface area contributed by atoms with Gasteiger partial charge in [-0.1, -0.05) is 30.3 Å². The third kappa shape index (κ3) is 7.69. The summed E-state index contributed by atoms with van der Waals surface area (Å²) in [6.45, 7) is 4.88. The topological polar surface area (TPSA) is 87.7 Å². The van der Waals surface area contributed by atoms with Crippen LogP contribution in [0.2, 0.25) is 0 Å². The van der Waals surface area contributed by atoms with Crippen LogP contribution < -0.4 is 14.8 Å². The number of nitrogens with zero attached hydrogens (tertiary/aromatic N) is 1. The maximum atomic E-state index is 12.6. The number of nitrogens with one attached hydrogen (secondary N) is 2. The second kappa shape index (κ2) is 10.8. The number of carbonyl (C=O) groups excluding carboxylic acids is 1. The van der Waals surface area contributed by atoms with Gasteiger partial charge in [-0.25, -0.2) is 13.1 Å². The molecule has 29 heavy (non-hydrogen) atoms. The lowest BCUT2D eigenvalue weighted by atomic mass is 10.1. The zero-order valence-corrected chi connectivity index (χ0v) is 17.5. The van der Waals surface area contributed by atoms with Gasteiger partial charge in [-0.2, -0.15) is 0 Å². The number of amides is 1. The predicted octanol–water partition coefficient (Wildman–Crippen LogP) is 2.48. The quantitative estimate of drug-likeness (QED) is 0.549. The summed E-state index contributed by atoms with van der Waals surface area (Å²) in [4.78, 5) is 14.6. The summed E-state index contributed by atoms with van der Waals surface area (Å²) in [7, 11) is 0.477. The Morgan fingerprint density at radius 2 is 1.83 bits per heavy atom. The minimum atomic E-state index is -3.42. The van der Waals surface area contributed by atoms with Crippen molar-refractivity contribution in [3.63, 3.8) is 0 Å². The van der Waals surface area contributed by atoms with Crippen LogP contribution in [0.15, 0.2) is 61.2 Å². The summed E-state index contributed by atoms with van der Waals surface area (Å²) in [6, 6.07) is 13.7. The molecule has 0 aliphatic heterocycles. The highest BCUT2D eigenvalue weighted by molar-refractivity contribution is 7.88. The van der Waals surface area contributed by atoms with Crippen LogP contribution in [-0.2, 0) is 15.8 Å². The molecule has 0 saturated heterocycles. The van der Waals surface area contributed by atoms with Gasteiger partial charge in [0.1, 0.15) is 12.4 Å². The Kier molecular flexibility index (Phi) is 8.38. The van der Waals surface area contributed by atoms with Crippen molar-refractivity contribution in [1.29, 1.82) is 0 Å². The standard InChI is InChI=1S/C21H27N3O4S/c1-4-13-22-29(26,27)16-17-9-11-18(12-10-17)23-21(25)19-7-5-6-8-20(19)28-15-14-24(2)3/h4-12,22H,1,13-16H2,2-3H3,(H,23,25). The minimum Gasteiger partial charge on any atom is -0.491 e. The van der Waals surface area contributed by atoms with E-state index in [4.69, 9.17) is 4.74 Å². The third-order valence-electron chi connectivity index (χ3n) is 3.94. The molecule has 0 fully saturated rings. The molecule has 2 rings (SSSR count). The van der Waals surface area contributed by atoms with E-state index in [1.165, 1.54) is 6.08 Å². The summed E-state index contributed by atoms with van der Waals surface area (Å²) in [6.07, 6.45) is 1.48. The maximum Gasteiger partial charge on any atom is 0.259 e. The molecule has 2 aromatic carbocycles. The molecule has 0 bridgehead atoms. The fraction of sp³-hybridized carbons (Fsp3) is 0.286. The van der Waals surface area contributed by atoms with Crippen molar-refractivity contribution in [3.8, 4) is 5.75 Å². The summed E-state index contributed by atoms with van der Waals surface area (Å²) in [5, 5.41) is 2.81. The number of ether oxygens (including phenoxy) is 1. The average Bonchev–Trinajstić information content (AvgIpc) is 2.68. The minimum absolute atomic E-state index is 0.141. The molecule has 2 N–H and O–H groups in total. The van der Waals surface area contributed by atoms with Crippen molar-refractivity contribution in [2.24, 2.45) is 0 Å². The van der Waals surface area contributed by atoms with E-state index < -0.39 is 10.0 Å². The van der Waals surface area contributed by atoms with Gasteiger partial charge in [0.2, 0.25) is 10.0 Å². The van der Waals surface area contributed by atoms with Crippen LogP contribution in [0.4, 0.5) is 5.69 Å². The Morgan fingerprint density at radius 1 is 1.14 bits per heavy atom. The van der Waals surface area contributed by atoms with Gasteiger partial charge >= 0.3 is 0 Å². The first-order valence-electron chi connectivity index (χ1n) is 9.16. The van der Waals surface area contributed by atoms with E-state index in [1.807, 2.05) is 25.1 Å². The number of carbonyl (C=O) groups is 1. The van der Waals surface area contributed by atoms with Crippen LogP contribution in [-0.4, -0.2) is 53.0 Å². The Morgan fingerprint density at radius 3 is 2.48 bits per heavy atom. The number of hydrogen-bond acceptors (Lipinski definition) is 5. The molecule has 0 unspecified atom stereocenters. The summed E-state index contributed by atoms with van der Waals surface area (Å²) < 4.78 is 32.0. The van der Waals surface area contributed by atoms with Crippen molar-refractivity contribution in [2.45, 2.75) is 5.75 Å². The molecule has 1 amide bonds. The molecule has 0 radical (unpaired) electrons. The average molecular weight is 418 g/mol. The van der Waals surface area contributed by atoms with Crippen LogP contribution in [0.25, 0.3) is 0 Å². The second-order valence-electron chi connectivity index (χ2n) is 6.70. The summed E-state index contributed by atoms with van der Waals surface area (Å²) in [5.41, 5.74) is 1.62. The van der Waals surface area contributed by atoms with E-state index in [-0.39, 0.29) is 18.2 Å². The first-order valence-corrected chi connectivity index (χ1v) is 10.8. The van der Waals surface area contributed by atoms with Crippen LogP contribution in [0, 0.1) is 0 Å². The molecule has 8 heteroatoms. The first kappa shape index (κ1) is 22.6. The lowest BCUT2D eigenvalue weighted by Gasteiger charge is -2.14. The number of likely N-dealkylation sites (N-methyl/N-ethyl adjacent to an activating group) is 1. The summed E-state index contributed by atoms with van der Waals surface area (Å²) in [5.74, 6) is 0.0822. The molecule has 0 atom stereocenters. The fourth-order valence-corrected chi connectivity index (χ4v) is 3.56. The highest BCUT2D eigenvalue weighted by Gasteiger charge is 2.14. The first-order chi connectivity index (χ1) is 13.8. The van der Waals surface area contributed by atoms with Crippen molar-refractivity contribution in [3.05, 3.63) is 72.3 Å². The largest absolute Gasteiger partial charge is 0.491 e. The second-order valence-corrected chi connectivity index (χ2v) is 8.50. The number of sulfonamides is 1. The molecule has 0 saturated carbocycles. The molecule has 0 heterocycles. The smallest absolute Gasteiger partial charge is 0.259 e. The lowest BCUT2D eigenvalue weighted by Crippen LogP contribution is -2.25. The van der Waals surface area contributed by atoms with Gasteiger partial charge in [0.15, 0.2) is 0 Å². The van der Waals surface area contributed by atoms with Crippen LogP contribution >= 0.6 is 0 Å². The molecular formula is C21H27N3O4S.